The van der Waals surface area contributed by atoms with E-state index in [-0.39, 0.29) is 31.3 Å². The zero-order valence-electron chi connectivity index (χ0n) is 24.7. The molecular formula is C34H42BNO5. The molecule has 0 saturated carbocycles. The van der Waals surface area contributed by atoms with Crippen molar-refractivity contribution >= 4 is 18.8 Å². The zero-order valence-corrected chi connectivity index (χ0v) is 24.7. The second kappa shape index (κ2) is 13.6. The zero-order chi connectivity index (χ0) is 29.3. The van der Waals surface area contributed by atoms with Gasteiger partial charge in [-0.05, 0) is 46.0 Å². The van der Waals surface area contributed by atoms with Gasteiger partial charge in [0.2, 0.25) is 0 Å². The van der Waals surface area contributed by atoms with E-state index in [4.69, 9.17) is 19.0 Å². The number of aliphatic carboxylic acids is 1. The number of nitrogens with zero attached hydrogens (tertiary/aromatic N) is 1. The summed E-state index contributed by atoms with van der Waals surface area (Å²) in [5.74, 6) is -0.944. The van der Waals surface area contributed by atoms with Crippen LogP contribution in [0, 0.1) is 0 Å². The predicted octanol–water partition coefficient (Wildman–Crippen LogP) is 7.22. The van der Waals surface area contributed by atoms with Gasteiger partial charge in [-0.25, -0.2) is 4.79 Å². The normalized spacial score (nSPS) is 17.1. The maximum Gasteiger partial charge on any atom is 0.457 e. The van der Waals surface area contributed by atoms with Crippen molar-refractivity contribution in [3.05, 3.63) is 108 Å². The lowest BCUT2D eigenvalue weighted by molar-refractivity contribution is -0.144. The average molecular weight is 556 g/mol. The molecule has 216 valence electrons. The monoisotopic (exact) mass is 555 g/mol. The quantitative estimate of drug-likeness (QED) is 0.129. The van der Waals surface area contributed by atoms with E-state index in [1.165, 1.54) is 0 Å². The molecule has 3 aromatic carbocycles. The van der Waals surface area contributed by atoms with Crippen LogP contribution in [-0.2, 0) is 25.4 Å². The van der Waals surface area contributed by atoms with E-state index in [9.17, 15) is 9.90 Å². The SMILES string of the molecule is CC1(C)OB(CCCCC(CCOCc2ccccc2)(N=C(c2ccccc2)c2ccccc2)C(=O)O)OC1(C)C. The van der Waals surface area contributed by atoms with Crippen molar-refractivity contribution in [2.24, 2.45) is 4.99 Å². The van der Waals surface area contributed by atoms with Gasteiger partial charge in [-0.15, -0.1) is 0 Å². The smallest absolute Gasteiger partial charge is 0.457 e. The van der Waals surface area contributed by atoms with Crippen LogP contribution in [0.3, 0.4) is 0 Å². The van der Waals surface area contributed by atoms with E-state index in [2.05, 4.69) is 0 Å². The Bertz CT molecular complexity index is 1220. The van der Waals surface area contributed by atoms with Gasteiger partial charge in [0.1, 0.15) is 0 Å². The molecule has 1 aliphatic heterocycles. The van der Waals surface area contributed by atoms with Gasteiger partial charge in [-0.2, -0.15) is 0 Å². The van der Waals surface area contributed by atoms with Gasteiger partial charge < -0.3 is 19.2 Å². The highest BCUT2D eigenvalue weighted by Gasteiger charge is 2.50. The van der Waals surface area contributed by atoms with Gasteiger partial charge in [-0.3, -0.25) is 4.99 Å². The van der Waals surface area contributed by atoms with Gasteiger partial charge in [0, 0.05) is 24.2 Å². The lowest BCUT2D eigenvalue weighted by Gasteiger charge is -2.32. The molecule has 7 heteroatoms. The van der Waals surface area contributed by atoms with Crippen molar-refractivity contribution in [1.29, 1.82) is 0 Å². The van der Waals surface area contributed by atoms with Crippen LogP contribution in [0.4, 0.5) is 0 Å². The van der Waals surface area contributed by atoms with Crippen LogP contribution in [0.2, 0.25) is 6.32 Å². The molecule has 0 bridgehead atoms. The molecule has 3 aromatic rings. The molecule has 0 aliphatic carbocycles. The van der Waals surface area contributed by atoms with Crippen LogP contribution >= 0.6 is 0 Å². The number of rotatable bonds is 14. The Hall–Kier alpha value is -3.26. The summed E-state index contributed by atoms with van der Waals surface area (Å²) in [6, 6.07) is 29.5. The van der Waals surface area contributed by atoms with E-state index in [1.807, 2.05) is 119 Å². The van der Waals surface area contributed by atoms with Crippen LogP contribution in [0.15, 0.2) is 96.0 Å². The largest absolute Gasteiger partial charge is 0.479 e. The molecule has 1 fully saturated rings. The minimum Gasteiger partial charge on any atom is -0.479 e. The van der Waals surface area contributed by atoms with Crippen molar-refractivity contribution in [3.8, 4) is 0 Å². The fourth-order valence-corrected chi connectivity index (χ4v) is 5.02. The summed E-state index contributed by atoms with van der Waals surface area (Å²) >= 11 is 0. The third-order valence-corrected chi connectivity index (χ3v) is 8.17. The highest BCUT2D eigenvalue weighted by Crippen LogP contribution is 2.38. The molecule has 41 heavy (non-hydrogen) atoms. The molecule has 0 spiro atoms. The molecule has 4 rings (SSSR count). The van der Waals surface area contributed by atoms with Crippen molar-refractivity contribution in [2.75, 3.05) is 6.61 Å². The fourth-order valence-electron chi connectivity index (χ4n) is 5.02. The number of benzene rings is 3. The summed E-state index contributed by atoms with van der Waals surface area (Å²) in [5.41, 5.74) is 1.36. The van der Waals surface area contributed by atoms with Gasteiger partial charge in [0.15, 0.2) is 5.54 Å². The highest BCUT2D eigenvalue weighted by atomic mass is 16.7. The summed E-state index contributed by atoms with van der Waals surface area (Å²) in [6.07, 6.45) is 2.75. The number of ether oxygens (including phenoxy) is 1. The van der Waals surface area contributed by atoms with Crippen molar-refractivity contribution in [1.82, 2.24) is 0 Å². The Morgan fingerprint density at radius 2 is 1.32 bits per heavy atom. The van der Waals surface area contributed by atoms with Gasteiger partial charge in [0.05, 0.1) is 23.5 Å². The van der Waals surface area contributed by atoms with E-state index < -0.39 is 11.5 Å². The van der Waals surface area contributed by atoms with E-state index in [0.29, 0.717) is 31.5 Å². The number of unbranched alkanes of at least 4 members (excludes halogenated alkanes) is 1. The molecule has 1 unspecified atom stereocenters. The van der Waals surface area contributed by atoms with Crippen LogP contribution in [-0.4, -0.2) is 47.3 Å². The lowest BCUT2D eigenvalue weighted by atomic mass is 9.80. The molecule has 1 N–H and O–H groups in total. The Morgan fingerprint density at radius 1 is 0.805 bits per heavy atom. The topological polar surface area (TPSA) is 77.4 Å². The number of hydrogen-bond acceptors (Lipinski definition) is 5. The summed E-state index contributed by atoms with van der Waals surface area (Å²) in [4.78, 5) is 18.2. The van der Waals surface area contributed by atoms with Crippen LogP contribution in [0.5, 0.6) is 0 Å². The molecule has 1 aliphatic rings. The van der Waals surface area contributed by atoms with Crippen LogP contribution < -0.4 is 0 Å². The van der Waals surface area contributed by atoms with E-state index in [0.717, 1.165) is 23.1 Å². The van der Waals surface area contributed by atoms with E-state index in [1.54, 1.807) is 0 Å². The highest BCUT2D eigenvalue weighted by molar-refractivity contribution is 6.45. The molecule has 0 amide bonds. The maximum atomic E-state index is 13.1. The predicted molar refractivity (Wildman–Crippen MR) is 164 cm³/mol. The van der Waals surface area contributed by atoms with Gasteiger partial charge in [0.25, 0.3) is 0 Å². The minimum atomic E-state index is -1.35. The fraction of sp³-hybridized carbons (Fsp3) is 0.412. The van der Waals surface area contributed by atoms with Crippen molar-refractivity contribution in [3.63, 3.8) is 0 Å². The Kier molecular flexibility index (Phi) is 10.2. The number of hydrogen-bond donors (Lipinski definition) is 1. The summed E-state index contributed by atoms with van der Waals surface area (Å²) in [5, 5.41) is 10.7. The molecular weight excluding hydrogens is 513 g/mol. The maximum absolute atomic E-state index is 13.1. The molecule has 0 aromatic heterocycles. The third kappa shape index (κ3) is 7.94. The summed E-state index contributed by atoms with van der Waals surface area (Å²) < 4.78 is 18.3. The first-order valence-electron chi connectivity index (χ1n) is 14.5. The number of carbonyl (C=O) groups is 1. The van der Waals surface area contributed by atoms with Crippen LogP contribution in [0.25, 0.3) is 0 Å². The Morgan fingerprint density at radius 3 is 1.83 bits per heavy atom. The van der Waals surface area contributed by atoms with Crippen LogP contribution in [0.1, 0.15) is 70.1 Å². The second-order valence-corrected chi connectivity index (χ2v) is 11.7. The average Bonchev–Trinajstić information content (AvgIpc) is 3.18. The molecule has 1 saturated heterocycles. The first-order chi connectivity index (χ1) is 19.6. The summed E-state index contributed by atoms with van der Waals surface area (Å²) in [6.45, 7) is 8.87. The lowest BCUT2D eigenvalue weighted by Crippen LogP contribution is -2.41. The van der Waals surface area contributed by atoms with Gasteiger partial charge >= 0.3 is 13.1 Å². The van der Waals surface area contributed by atoms with E-state index >= 15 is 0 Å². The molecule has 0 radical (unpaired) electrons. The molecule has 1 atom stereocenters. The summed E-state index contributed by atoms with van der Waals surface area (Å²) in [7, 11) is -0.305. The molecule has 6 nitrogen and oxygen atoms in total. The third-order valence-electron chi connectivity index (χ3n) is 8.17. The first kappa shape index (κ1) is 30.7. The molecule has 1 heterocycles. The number of aliphatic imine (C=N–C) groups is 1. The van der Waals surface area contributed by atoms with Crippen molar-refractivity contribution < 1.29 is 23.9 Å². The number of carboxylic acid groups (broad SMARTS) is 1. The van der Waals surface area contributed by atoms with Gasteiger partial charge in [-0.1, -0.05) is 104 Å². The Labute approximate surface area is 244 Å². The first-order valence-corrected chi connectivity index (χ1v) is 14.5. The number of carboxylic acids is 1. The second-order valence-electron chi connectivity index (χ2n) is 11.7. The van der Waals surface area contributed by atoms with Crippen molar-refractivity contribution in [2.45, 2.75) is 83.0 Å². The standard InChI is InChI=1S/C34H42BNO5/c1-32(2)33(3,4)41-35(40-32)24-15-14-22-34(31(37)38,23-25-39-26-27-16-8-5-9-17-27)36-30(28-18-10-6-11-19-28)29-20-12-7-13-21-29/h5-13,16-21H,14-15,22-26H2,1-4H3,(H,37,38). The minimum absolute atomic E-state index is 0.259. The Balaban J connectivity index is 1.56.